The number of hydrogen-bond donors (Lipinski definition) is 2. The Hall–Kier alpha value is -2.22. The van der Waals surface area contributed by atoms with E-state index in [1.165, 1.54) is 24.3 Å². The molecule has 21 heavy (non-hydrogen) atoms. The van der Waals surface area contributed by atoms with Crippen LogP contribution in [0.5, 0.6) is 5.75 Å². The number of alkyl halides is 3. The predicted octanol–water partition coefficient (Wildman–Crippen LogP) is 3.21. The molecule has 0 saturated carbocycles. The van der Waals surface area contributed by atoms with E-state index >= 15 is 0 Å². The summed E-state index contributed by atoms with van der Waals surface area (Å²) in [5.41, 5.74) is -0.825. The molecule has 0 spiro atoms. The molecule has 0 radical (unpaired) electrons. The number of aromatic hydroxyl groups is 1. The Morgan fingerprint density at radius 2 is 1.62 bits per heavy atom. The standard InChI is InChI=1S/C13H10F3NO3S/c14-13(15,16)9-4-6-12(7-5-9)21(19,20)17-10-2-1-3-11(18)8-10/h1-8,17-18H. The van der Waals surface area contributed by atoms with Crippen molar-refractivity contribution >= 4 is 15.7 Å². The number of sulfonamides is 1. The van der Waals surface area contributed by atoms with Gasteiger partial charge in [-0.05, 0) is 36.4 Å². The summed E-state index contributed by atoms with van der Waals surface area (Å²) in [6.45, 7) is 0. The Morgan fingerprint density at radius 1 is 1.00 bits per heavy atom. The monoisotopic (exact) mass is 317 g/mol. The topological polar surface area (TPSA) is 66.4 Å². The molecular formula is C13H10F3NO3S. The van der Waals surface area contributed by atoms with Crippen LogP contribution in [0.2, 0.25) is 0 Å². The van der Waals surface area contributed by atoms with E-state index < -0.39 is 21.8 Å². The molecular weight excluding hydrogens is 307 g/mol. The first-order valence-electron chi connectivity index (χ1n) is 5.67. The van der Waals surface area contributed by atoms with E-state index in [4.69, 9.17) is 0 Å². The highest BCUT2D eigenvalue weighted by molar-refractivity contribution is 7.92. The van der Waals surface area contributed by atoms with Crippen molar-refractivity contribution < 1.29 is 26.7 Å². The van der Waals surface area contributed by atoms with Crippen molar-refractivity contribution in [1.29, 1.82) is 0 Å². The Morgan fingerprint density at radius 3 is 2.14 bits per heavy atom. The third kappa shape index (κ3) is 3.66. The first-order valence-corrected chi connectivity index (χ1v) is 7.16. The second-order valence-electron chi connectivity index (χ2n) is 4.18. The third-order valence-electron chi connectivity index (χ3n) is 2.59. The average molecular weight is 317 g/mol. The quantitative estimate of drug-likeness (QED) is 0.913. The number of phenols is 1. The van der Waals surface area contributed by atoms with Gasteiger partial charge in [0.15, 0.2) is 0 Å². The minimum atomic E-state index is -4.53. The maximum Gasteiger partial charge on any atom is 0.416 e. The lowest BCUT2D eigenvalue weighted by atomic mass is 10.2. The molecule has 0 bridgehead atoms. The minimum Gasteiger partial charge on any atom is -0.508 e. The zero-order valence-corrected chi connectivity index (χ0v) is 11.2. The molecule has 2 aromatic rings. The molecule has 0 fully saturated rings. The smallest absolute Gasteiger partial charge is 0.416 e. The second-order valence-corrected chi connectivity index (χ2v) is 5.86. The van der Waals surface area contributed by atoms with Crippen LogP contribution in [0.25, 0.3) is 0 Å². The van der Waals surface area contributed by atoms with E-state index in [0.29, 0.717) is 12.1 Å². The Bertz CT molecular complexity index is 740. The van der Waals surface area contributed by atoms with Crippen molar-refractivity contribution in [1.82, 2.24) is 0 Å². The zero-order valence-electron chi connectivity index (χ0n) is 10.4. The average Bonchev–Trinajstić information content (AvgIpc) is 2.37. The lowest BCUT2D eigenvalue weighted by Gasteiger charge is -2.10. The van der Waals surface area contributed by atoms with Crippen LogP contribution in [0.4, 0.5) is 18.9 Å². The van der Waals surface area contributed by atoms with Crippen LogP contribution in [0.3, 0.4) is 0 Å². The highest BCUT2D eigenvalue weighted by Crippen LogP contribution is 2.30. The lowest BCUT2D eigenvalue weighted by molar-refractivity contribution is -0.137. The van der Waals surface area contributed by atoms with Crippen molar-refractivity contribution in [3.63, 3.8) is 0 Å². The molecule has 0 aromatic heterocycles. The molecule has 2 rings (SSSR count). The van der Waals surface area contributed by atoms with Crippen molar-refractivity contribution in [3.8, 4) is 5.75 Å². The predicted molar refractivity (Wildman–Crippen MR) is 70.4 cm³/mol. The van der Waals surface area contributed by atoms with Gasteiger partial charge in [0, 0.05) is 6.07 Å². The third-order valence-corrected chi connectivity index (χ3v) is 3.99. The van der Waals surface area contributed by atoms with Gasteiger partial charge in [0.25, 0.3) is 10.0 Å². The van der Waals surface area contributed by atoms with Crippen molar-refractivity contribution in [2.24, 2.45) is 0 Å². The summed E-state index contributed by atoms with van der Waals surface area (Å²) >= 11 is 0. The van der Waals surface area contributed by atoms with Gasteiger partial charge in [0.05, 0.1) is 16.1 Å². The normalized spacial score (nSPS) is 12.1. The summed E-state index contributed by atoms with van der Waals surface area (Å²) in [6.07, 6.45) is -4.53. The van der Waals surface area contributed by atoms with Gasteiger partial charge in [-0.15, -0.1) is 0 Å². The Kier molecular flexibility index (Phi) is 3.82. The van der Waals surface area contributed by atoms with Gasteiger partial charge in [-0.25, -0.2) is 8.42 Å². The summed E-state index contributed by atoms with van der Waals surface area (Å²) in [5.74, 6) is -0.136. The lowest BCUT2D eigenvalue weighted by Crippen LogP contribution is -2.13. The molecule has 0 aliphatic carbocycles. The van der Waals surface area contributed by atoms with Crippen LogP contribution in [0.15, 0.2) is 53.4 Å². The number of halogens is 3. The molecule has 8 heteroatoms. The van der Waals surface area contributed by atoms with E-state index in [9.17, 15) is 26.7 Å². The van der Waals surface area contributed by atoms with Gasteiger partial charge >= 0.3 is 6.18 Å². The van der Waals surface area contributed by atoms with Crippen LogP contribution in [-0.4, -0.2) is 13.5 Å². The number of benzene rings is 2. The van der Waals surface area contributed by atoms with Crippen LogP contribution in [-0.2, 0) is 16.2 Å². The van der Waals surface area contributed by atoms with Crippen molar-refractivity contribution in [2.45, 2.75) is 11.1 Å². The number of nitrogens with one attached hydrogen (secondary N) is 1. The summed E-state index contributed by atoms with van der Waals surface area (Å²) in [7, 11) is -4.02. The fourth-order valence-electron chi connectivity index (χ4n) is 1.61. The molecule has 0 unspecified atom stereocenters. The molecule has 0 aliphatic rings. The van der Waals surface area contributed by atoms with E-state index in [1.807, 2.05) is 0 Å². The highest BCUT2D eigenvalue weighted by Gasteiger charge is 2.30. The molecule has 2 N–H and O–H groups in total. The Balaban J connectivity index is 2.28. The van der Waals surface area contributed by atoms with Gasteiger partial charge in [0.2, 0.25) is 0 Å². The van der Waals surface area contributed by atoms with Crippen LogP contribution in [0, 0.1) is 0 Å². The van der Waals surface area contributed by atoms with Crippen molar-refractivity contribution in [2.75, 3.05) is 4.72 Å². The molecule has 2 aromatic carbocycles. The van der Waals surface area contributed by atoms with Crippen LogP contribution < -0.4 is 4.72 Å². The van der Waals surface area contributed by atoms with Crippen LogP contribution >= 0.6 is 0 Å². The molecule has 0 atom stereocenters. The van der Waals surface area contributed by atoms with Gasteiger partial charge < -0.3 is 5.11 Å². The van der Waals surface area contributed by atoms with E-state index in [0.717, 1.165) is 12.1 Å². The Labute approximate surface area is 118 Å². The summed E-state index contributed by atoms with van der Waals surface area (Å²) < 4.78 is 63.4. The summed E-state index contributed by atoms with van der Waals surface area (Å²) in [5, 5.41) is 9.25. The van der Waals surface area contributed by atoms with Gasteiger partial charge in [0.1, 0.15) is 5.75 Å². The van der Waals surface area contributed by atoms with Crippen LogP contribution in [0.1, 0.15) is 5.56 Å². The molecule has 0 saturated heterocycles. The number of phenolic OH excluding ortho intramolecular Hbond substituents is 1. The fourth-order valence-corrected chi connectivity index (χ4v) is 2.66. The number of hydrogen-bond acceptors (Lipinski definition) is 3. The minimum absolute atomic E-state index is 0.106. The van der Waals surface area contributed by atoms with E-state index in [2.05, 4.69) is 4.72 Å². The molecule has 0 heterocycles. The molecule has 0 amide bonds. The van der Waals surface area contributed by atoms with Gasteiger partial charge in [-0.1, -0.05) is 6.07 Å². The van der Waals surface area contributed by atoms with E-state index in [-0.39, 0.29) is 16.3 Å². The fraction of sp³-hybridized carbons (Fsp3) is 0.0769. The van der Waals surface area contributed by atoms with Crippen molar-refractivity contribution in [3.05, 3.63) is 54.1 Å². The number of anilines is 1. The zero-order chi connectivity index (χ0) is 15.7. The summed E-state index contributed by atoms with van der Waals surface area (Å²) in [4.78, 5) is -0.307. The van der Waals surface area contributed by atoms with Gasteiger partial charge in [-0.3, -0.25) is 4.72 Å². The first-order chi connectivity index (χ1) is 9.68. The maximum absolute atomic E-state index is 12.4. The molecule has 112 valence electrons. The van der Waals surface area contributed by atoms with E-state index in [1.54, 1.807) is 0 Å². The number of rotatable bonds is 3. The SMILES string of the molecule is O=S(=O)(Nc1cccc(O)c1)c1ccc(C(F)(F)F)cc1. The first kappa shape index (κ1) is 15.2. The maximum atomic E-state index is 12.4. The second kappa shape index (κ2) is 5.28. The van der Waals surface area contributed by atoms with Gasteiger partial charge in [-0.2, -0.15) is 13.2 Å². The largest absolute Gasteiger partial charge is 0.508 e. The molecule has 0 aliphatic heterocycles. The molecule has 4 nitrogen and oxygen atoms in total. The summed E-state index contributed by atoms with van der Waals surface area (Å²) in [6, 6.07) is 8.49. The highest BCUT2D eigenvalue weighted by atomic mass is 32.2.